The van der Waals surface area contributed by atoms with Crippen molar-refractivity contribution in [1.82, 2.24) is 4.90 Å². The molecular formula is C23H22N2O. The highest BCUT2D eigenvalue weighted by Crippen LogP contribution is 2.26. The Bertz CT molecular complexity index is 837. The van der Waals surface area contributed by atoms with E-state index in [2.05, 4.69) is 29.2 Å². The second-order valence-corrected chi connectivity index (χ2v) is 6.63. The maximum absolute atomic E-state index is 13.2. The summed E-state index contributed by atoms with van der Waals surface area (Å²) in [6, 6.07) is 28.3. The molecule has 0 spiro atoms. The lowest BCUT2D eigenvalue weighted by Gasteiger charge is -2.31. The Morgan fingerprint density at radius 3 is 1.92 bits per heavy atom. The van der Waals surface area contributed by atoms with Crippen molar-refractivity contribution < 1.29 is 4.79 Å². The quantitative estimate of drug-likeness (QED) is 0.701. The standard InChI is InChI=1S/C23H22N2O/c26-23(18-24-16-15-19-9-7-8-10-20(19)17-24)25(21-11-3-1-4-12-21)22-13-5-2-6-14-22/h1-14H,15-18H2. The van der Waals surface area contributed by atoms with Crippen molar-refractivity contribution in [2.45, 2.75) is 13.0 Å². The molecule has 0 fully saturated rings. The van der Waals surface area contributed by atoms with Crippen LogP contribution in [0.25, 0.3) is 0 Å². The minimum absolute atomic E-state index is 0.0989. The monoisotopic (exact) mass is 342 g/mol. The molecule has 1 heterocycles. The number of hydrogen-bond donors (Lipinski definition) is 0. The van der Waals surface area contributed by atoms with Gasteiger partial charge in [-0.05, 0) is 41.8 Å². The van der Waals surface area contributed by atoms with Crippen LogP contribution in [-0.2, 0) is 17.8 Å². The van der Waals surface area contributed by atoms with Gasteiger partial charge in [0.25, 0.3) is 0 Å². The van der Waals surface area contributed by atoms with Crippen molar-refractivity contribution in [2.24, 2.45) is 0 Å². The molecule has 26 heavy (non-hydrogen) atoms. The van der Waals surface area contributed by atoms with Gasteiger partial charge in [0.2, 0.25) is 5.91 Å². The van der Waals surface area contributed by atoms with Crippen LogP contribution in [0.5, 0.6) is 0 Å². The number of benzene rings is 3. The molecule has 3 aromatic carbocycles. The molecule has 0 bridgehead atoms. The van der Waals surface area contributed by atoms with Gasteiger partial charge in [-0.3, -0.25) is 14.6 Å². The molecule has 3 aromatic rings. The predicted molar refractivity (Wildman–Crippen MR) is 105 cm³/mol. The second kappa shape index (κ2) is 7.54. The second-order valence-electron chi connectivity index (χ2n) is 6.63. The molecule has 0 atom stereocenters. The summed E-state index contributed by atoms with van der Waals surface area (Å²) in [5.41, 5.74) is 4.54. The first-order valence-electron chi connectivity index (χ1n) is 9.03. The zero-order valence-electron chi connectivity index (χ0n) is 14.7. The van der Waals surface area contributed by atoms with Crippen molar-refractivity contribution in [1.29, 1.82) is 0 Å². The molecule has 0 unspecified atom stereocenters. The third-order valence-electron chi connectivity index (χ3n) is 4.85. The summed E-state index contributed by atoms with van der Waals surface area (Å²) in [5, 5.41) is 0. The normalized spacial score (nSPS) is 13.8. The number of amides is 1. The molecule has 0 saturated carbocycles. The van der Waals surface area contributed by atoms with Crippen LogP contribution < -0.4 is 4.90 Å². The summed E-state index contributed by atoms with van der Waals surface area (Å²) < 4.78 is 0. The number of hydrogen-bond acceptors (Lipinski definition) is 2. The minimum atomic E-state index is 0.0989. The Kier molecular flexibility index (Phi) is 4.80. The minimum Gasteiger partial charge on any atom is -0.290 e. The van der Waals surface area contributed by atoms with Crippen LogP contribution in [0.4, 0.5) is 11.4 Å². The number of carbonyl (C=O) groups is 1. The number of carbonyl (C=O) groups excluding carboxylic acids is 1. The largest absolute Gasteiger partial charge is 0.290 e. The highest BCUT2D eigenvalue weighted by atomic mass is 16.2. The molecule has 0 N–H and O–H groups in total. The maximum atomic E-state index is 13.2. The molecule has 0 radical (unpaired) electrons. The van der Waals surface area contributed by atoms with Crippen molar-refractivity contribution in [3.8, 4) is 0 Å². The molecule has 0 aromatic heterocycles. The average molecular weight is 342 g/mol. The number of rotatable bonds is 4. The van der Waals surface area contributed by atoms with E-state index < -0.39 is 0 Å². The zero-order chi connectivity index (χ0) is 17.8. The number of nitrogens with zero attached hydrogens (tertiary/aromatic N) is 2. The van der Waals surface area contributed by atoms with Gasteiger partial charge in [0.1, 0.15) is 0 Å². The lowest BCUT2D eigenvalue weighted by atomic mass is 10.00. The number of anilines is 2. The lowest BCUT2D eigenvalue weighted by molar-refractivity contribution is -0.119. The summed E-state index contributed by atoms with van der Waals surface area (Å²) in [6.07, 6.45) is 1.00. The summed E-state index contributed by atoms with van der Waals surface area (Å²) in [7, 11) is 0. The molecule has 3 heteroatoms. The molecule has 1 aliphatic rings. The molecule has 0 aliphatic carbocycles. The van der Waals surface area contributed by atoms with Gasteiger partial charge in [-0.25, -0.2) is 0 Å². The zero-order valence-corrected chi connectivity index (χ0v) is 14.7. The van der Waals surface area contributed by atoms with Crippen LogP contribution >= 0.6 is 0 Å². The SMILES string of the molecule is O=C(CN1CCc2ccccc2C1)N(c1ccccc1)c1ccccc1. The van der Waals surface area contributed by atoms with E-state index in [0.717, 1.165) is 30.9 Å². The van der Waals surface area contributed by atoms with Crippen molar-refractivity contribution in [3.63, 3.8) is 0 Å². The Morgan fingerprint density at radius 1 is 0.769 bits per heavy atom. The van der Waals surface area contributed by atoms with Gasteiger partial charge in [0, 0.05) is 24.5 Å². The highest BCUT2D eigenvalue weighted by Gasteiger charge is 2.23. The van der Waals surface area contributed by atoms with Crippen molar-refractivity contribution in [3.05, 3.63) is 96.1 Å². The van der Waals surface area contributed by atoms with Crippen LogP contribution in [0.15, 0.2) is 84.9 Å². The maximum Gasteiger partial charge on any atom is 0.245 e. The Balaban J connectivity index is 1.56. The van der Waals surface area contributed by atoms with Gasteiger partial charge in [-0.15, -0.1) is 0 Å². The van der Waals surface area contributed by atoms with Crippen molar-refractivity contribution >= 4 is 17.3 Å². The van der Waals surface area contributed by atoms with Gasteiger partial charge in [0.15, 0.2) is 0 Å². The fraction of sp³-hybridized carbons (Fsp3) is 0.174. The molecule has 4 rings (SSSR count). The fourth-order valence-corrected chi connectivity index (χ4v) is 3.54. The molecule has 0 saturated heterocycles. The summed E-state index contributed by atoms with van der Waals surface area (Å²) in [4.78, 5) is 17.3. The molecule has 3 nitrogen and oxygen atoms in total. The third-order valence-corrected chi connectivity index (χ3v) is 4.85. The van der Waals surface area contributed by atoms with Crippen molar-refractivity contribution in [2.75, 3.05) is 18.0 Å². The van der Waals surface area contributed by atoms with Gasteiger partial charge in [-0.2, -0.15) is 0 Å². The third kappa shape index (κ3) is 3.53. The van der Waals surface area contributed by atoms with Crippen LogP contribution in [0.2, 0.25) is 0 Å². The summed E-state index contributed by atoms with van der Waals surface area (Å²) >= 11 is 0. The Morgan fingerprint density at radius 2 is 1.31 bits per heavy atom. The van der Waals surface area contributed by atoms with E-state index in [-0.39, 0.29) is 5.91 Å². The van der Waals surface area contributed by atoms with Gasteiger partial charge < -0.3 is 0 Å². The van der Waals surface area contributed by atoms with Gasteiger partial charge in [-0.1, -0.05) is 60.7 Å². The van der Waals surface area contributed by atoms with Crippen LogP contribution in [-0.4, -0.2) is 23.9 Å². The van der Waals surface area contributed by atoms with E-state index in [0.29, 0.717) is 6.54 Å². The molecular weight excluding hydrogens is 320 g/mol. The van der Waals surface area contributed by atoms with E-state index in [9.17, 15) is 4.79 Å². The van der Waals surface area contributed by atoms with E-state index in [1.54, 1.807) is 0 Å². The molecule has 1 amide bonds. The number of para-hydroxylation sites is 2. The summed E-state index contributed by atoms with van der Waals surface area (Å²) in [5.74, 6) is 0.0989. The first-order valence-corrected chi connectivity index (χ1v) is 9.03. The lowest BCUT2D eigenvalue weighted by Crippen LogP contribution is -2.40. The highest BCUT2D eigenvalue weighted by molar-refractivity contribution is 6.01. The predicted octanol–water partition coefficient (Wildman–Crippen LogP) is 4.41. The Labute approximate surface area is 154 Å². The average Bonchev–Trinajstić information content (AvgIpc) is 2.70. The number of fused-ring (bicyclic) bond motifs is 1. The van der Waals surface area contributed by atoms with E-state index in [1.807, 2.05) is 65.6 Å². The van der Waals surface area contributed by atoms with E-state index in [4.69, 9.17) is 0 Å². The summed E-state index contributed by atoms with van der Waals surface area (Å²) in [6.45, 7) is 2.16. The molecule has 130 valence electrons. The van der Waals surface area contributed by atoms with E-state index >= 15 is 0 Å². The smallest absolute Gasteiger partial charge is 0.245 e. The molecule has 1 aliphatic heterocycles. The van der Waals surface area contributed by atoms with Crippen LogP contribution in [0, 0.1) is 0 Å². The van der Waals surface area contributed by atoms with Gasteiger partial charge >= 0.3 is 0 Å². The van der Waals surface area contributed by atoms with Crippen LogP contribution in [0.3, 0.4) is 0 Å². The first kappa shape index (κ1) is 16.6. The first-order chi connectivity index (χ1) is 12.8. The topological polar surface area (TPSA) is 23.6 Å². The van der Waals surface area contributed by atoms with E-state index in [1.165, 1.54) is 11.1 Å². The van der Waals surface area contributed by atoms with Gasteiger partial charge in [0.05, 0.1) is 6.54 Å². The fourth-order valence-electron chi connectivity index (χ4n) is 3.54. The Hall–Kier alpha value is -2.91. The van der Waals surface area contributed by atoms with Crippen LogP contribution in [0.1, 0.15) is 11.1 Å².